The zero-order valence-electron chi connectivity index (χ0n) is 17.5. The summed E-state index contributed by atoms with van der Waals surface area (Å²) in [6, 6.07) is 10.1. The van der Waals surface area contributed by atoms with Crippen LogP contribution >= 0.6 is 0 Å². The number of rotatable bonds is 7. The second-order valence-electron chi connectivity index (χ2n) is 7.33. The van der Waals surface area contributed by atoms with Crippen LogP contribution < -0.4 is 25.6 Å². The van der Waals surface area contributed by atoms with Crippen molar-refractivity contribution < 1.29 is 32.3 Å². The highest BCUT2D eigenvalue weighted by atomic mass is 32.2. The molecule has 32 heavy (non-hydrogen) atoms. The summed E-state index contributed by atoms with van der Waals surface area (Å²) in [5.74, 6) is -1.34. The number of hydrogen-bond acceptors (Lipinski definition) is 7. The van der Waals surface area contributed by atoms with Crippen LogP contribution in [0.15, 0.2) is 42.5 Å². The molecule has 3 N–H and O–H groups in total. The topological polar surface area (TPSA) is 140 Å². The van der Waals surface area contributed by atoms with Crippen molar-refractivity contribution in [2.45, 2.75) is 19.4 Å². The molecule has 1 aliphatic rings. The molecule has 0 aliphatic carbocycles. The molecule has 11 heteroatoms. The average Bonchev–Trinajstić information content (AvgIpc) is 3.21. The molecule has 1 atom stereocenters. The lowest BCUT2D eigenvalue weighted by Crippen LogP contribution is -2.52. The Bertz CT molecular complexity index is 1150. The molecule has 2 aromatic rings. The summed E-state index contributed by atoms with van der Waals surface area (Å²) < 4.78 is 33.5. The molecule has 2 aromatic carbocycles. The largest absolute Gasteiger partial charge is 0.454 e. The number of fused-ring (bicyclic) bond motifs is 1. The van der Waals surface area contributed by atoms with E-state index >= 15 is 0 Å². The number of ether oxygens (including phenoxy) is 2. The molecule has 0 aromatic heterocycles. The van der Waals surface area contributed by atoms with E-state index in [4.69, 9.17) is 9.47 Å². The van der Waals surface area contributed by atoms with E-state index in [1.807, 2.05) is 13.0 Å². The summed E-state index contributed by atoms with van der Waals surface area (Å²) in [6.45, 7) is 1.87. The molecule has 3 amide bonds. The Labute approximate surface area is 185 Å². The van der Waals surface area contributed by atoms with E-state index in [1.165, 1.54) is 12.1 Å². The van der Waals surface area contributed by atoms with Crippen molar-refractivity contribution in [2.75, 3.05) is 18.8 Å². The number of hydrogen-bond donors (Lipinski definition) is 3. The van der Waals surface area contributed by atoms with Crippen LogP contribution in [0.5, 0.6) is 11.5 Å². The Balaban J connectivity index is 1.65. The quantitative estimate of drug-likeness (QED) is 0.516. The van der Waals surface area contributed by atoms with Crippen LogP contribution in [0, 0.1) is 6.92 Å². The molecule has 3 rings (SSSR count). The van der Waals surface area contributed by atoms with Crippen LogP contribution in [0.25, 0.3) is 0 Å². The predicted molar refractivity (Wildman–Crippen MR) is 115 cm³/mol. The maximum absolute atomic E-state index is 12.6. The lowest BCUT2D eigenvalue weighted by Gasteiger charge is -2.18. The van der Waals surface area contributed by atoms with Gasteiger partial charge in [-0.15, -0.1) is 0 Å². The van der Waals surface area contributed by atoms with Gasteiger partial charge in [0, 0.05) is 17.4 Å². The highest BCUT2D eigenvalue weighted by molar-refractivity contribution is 7.90. The molecule has 0 saturated heterocycles. The van der Waals surface area contributed by atoms with Crippen molar-refractivity contribution in [2.24, 2.45) is 0 Å². The first-order valence-corrected chi connectivity index (χ1v) is 11.7. The molecule has 0 radical (unpaired) electrons. The zero-order chi connectivity index (χ0) is 23.3. The van der Waals surface area contributed by atoms with E-state index < -0.39 is 33.6 Å². The number of sulfone groups is 1. The van der Waals surface area contributed by atoms with E-state index in [1.54, 1.807) is 24.3 Å². The van der Waals surface area contributed by atoms with Crippen molar-refractivity contribution in [3.05, 3.63) is 59.2 Å². The normalized spacial score (nSPS) is 13.2. The Kier molecular flexibility index (Phi) is 6.98. The summed E-state index contributed by atoms with van der Waals surface area (Å²) in [7, 11) is -3.38. The number of hydrazine groups is 1. The maximum atomic E-state index is 12.6. The van der Waals surface area contributed by atoms with Gasteiger partial charge < -0.3 is 14.8 Å². The number of nitrogens with one attached hydrogen (secondary N) is 3. The lowest BCUT2D eigenvalue weighted by atomic mass is 10.1. The fourth-order valence-electron chi connectivity index (χ4n) is 2.94. The van der Waals surface area contributed by atoms with Gasteiger partial charge in [0.2, 0.25) is 6.79 Å². The van der Waals surface area contributed by atoms with Gasteiger partial charge in [-0.1, -0.05) is 17.7 Å². The van der Waals surface area contributed by atoms with Crippen molar-refractivity contribution in [1.82, 2.24) is 16.2 Å². The maximum Gasteiger partial charge on any atom is 0.269 e. The van der Waals surface area contributed by atoms with E-state index in [9.17, 15) is 22.8 Å². The molecular formula is C21H23N3O7S. The zero-order valence-corrected chi connectivity index (χ0v) is 18.3. The van der Waals surface area contributed by atoms with E-state index in [0.29, 0.717) is 17.1 Å². The van der Waals surface area contributed by atoms with Gasteiger partial charge in [0.25, 0.3) is 17.7 Å². The van der Waals surface area contributed by atoms with Crippen LogP contribution in [0.1, 0.15) is 32.7 Å². The Morgan fingerprint density at radius 3 is 2.41 bits per heavy atom. The highest BCUT2D eigenvalue weighted by Crippen LogP contribution is 2.32. The van der Waals surface area contributed by atoms with Gasteiger partial charge in [-0.25, -0.2) is 8.42 Å². The smallest absolute Gasteiger partial charge is 0.269 e. The Morgan fingerprint density at radius 1 is 0.969 bits per heavy atom. The van der Waals surface area contributed by atoms with Crippen LogP contribution in [0.3, 0.4) is 0 Å². The Morgan fingerprint density at radius 2 is 1.69 bits per heavy atom. The van der Waals surface area contributed by atoms with Gasteiger partial charge in [-0.3, -0.25) is 25.2 Å². The summed E-state index contributed by atoms with van der Waals surface area (Å²) in [5, 5.41) is 2.53. The summed E-state index contributed by atoms with van der Waals surface area (Å²) in [5.41, 5.74) is 5.88. The number of amides is 3. The number of carbonyl (C=O) groups is 3. The van der Waals surface area contributed by atoms with E-state index in [0.717, 1.165) is 11.8 Å². The minimum atomic E-state index is -3.38. The average molecular weight is 461 g/mol. The number of aryl methyl sites for hydroxylation is 1. The van der Waals surface area contributed by atoms with Gasteiger partial charge in [0.1, 0.15) is 15.9 Å². The van der Waals surface area contributed by atoms with Crippen LogP contribution in [0.4, 0.5) is 0 Å². The first-order chi connectivity index (χ1) is 15.1. The highest BCUT2D eigenvalue weighted by Gasteiger charge is 2.24. The Hall–Kier alpha value is -3.60. The van der Waals surface area contributed by atoms with Gasteiger partial charge in [-0.05, 0) is 43.7 Å². The van der Waals surface area contributed by atoms with Gasteiger partial charge >= 0.3 is 0 Å². The van der Waals surface area contributed by atoms with E-state index in [2.05, 4.69) is 16.2 Å². The third-order valence-corrected chi connectivity index (χ3v) is 5.59. The molecule has 1 unspecified atom stereocenters. The molecule has 0 fully saturated rings. The minimum absolute atomic E-state index is 0.0554. The SMILES string of the molecule is Cc1cccc(C(=O)NC(CCS(C)(=O)=O)C(=O)NNC(=O)c2ccc3c(c2)OCO3)c1. The van der Waals surface area contributed by atoms with Crippen molar-refractivity contribution >= 4 is 27.6 Å². The van der Waals surface area contributed by atoms with Gasteiger partial charge in [0.05, 0.1) is 5.75 Å². The van der Waals surface area contributed by atoms with Crippen LogP contribution in [-0.2, 0) is 14.6 Å². The first kappa shape index (κ1) is 23.1. The summed E-state index contributed by atoms with van der Waals surface area (Å²) in [4.78, 5) is 37.6. The number of carbonyl (C=O) groups excluding carboxylic acids is 3. The molecular weight excluding hydrogens is 438 g/mol. The van der Waals surface area contributed by atoms with Crippen molar-refractivity contribution in [3.63, 3.8) is 0 Å². The molecule has 10 nitrogen and oxygen atoms in total. The van der Waals surface area contributed by atoms with Gasteiger partial charge in [0.15, 0.2) is 11.5 Å². The predicted octanol–water partition coefficient (Wildman–Crippen LogP) is 0.718. The second-order valence-corrected chi connectivity index (χ2v) is 9.59. The first-order valence-electron chi connectivity index (χ1n) is 9.67. The third-order valence-electron chi connectivity index (χ3n) is 4.61. The van der Waals surface area contributed by atoms with E-state index in [-0.39, 0.29) is 24.5 Å². The minimum Gasteiger partial charge on any atom is -0.454 e. The number of benzene rings is 2. The fraction of sp³-hybridized carbons (Fsp3) is 0.286. The monoisotopic (exact) mass is 461 g/mol. The summed E-state index contributed by atoms with van der Waals surface area (Å²) in [6.07, 6.45) is 0.869. The lowest BCUT2D eigenvalue weighted by molar-refractivity contribution is -0.123. The summed E-state index contributed by atoms with van der Waals surface area (Å²) >= 11 is 0. The molecule has 1 heterocycles. The molecule has 0 bridgehead atoms. The van der Waals surface area contributed by atoms with Crippen LogP contribution in [0.2, 0.25) is 0 Å². The van der Waals surface area contributed by atoms with Crippen LogP contribution in [-0.4, -0.2) is 51.0 Å². The third kappa shape index (κ3) is 6.20. The molecule has 170 valence electrons. The van der Waals surface area contributed by atoms with Crippen molar-refractivity contribution in [1.29, 1.82) is 0 Å². The second kappa shape index (κ2) is 9.69. The molecule has 1 aliphatic heterocycles. The molecule has 0 saturated carbocycles. The molecule has 0 spiro atoms. The fourth-order valence-corrected chi connectivity index (χ4v) is 3.61. The van der Waals surface area contributed by atoms with Gasteiger partial charge in [-0.2, -0.15) is 0 Å². The van der Waals surface area contributed by atoms with Crippen molar-refractivity contribution in [3.8, 4) is 11.5 Å². The standard InChI is InChI=1S/C21H23N3O7S/c1-13-4-3-5-14(10-13)19(25)22-16(8-9-32(2,28)29)21(27)24-23-20(26)15-6-7-17-18(11-15)31-12-30-17/h3-7,10-11,16H,8-9,12H2,1-2H3,(H,22,25)(H,23,26)(H,24,27).